The molecule has 10 heteroatoms. The summed E-state index contributed by atoms with van der Waals surface area (Å²) >= 11 is 11.4. The number of aromatic nitrogens is 2. The number of nitrogens with zero attached hydrogens (tertiary/aromatic N) is 2. The van der Waals surface area contributed by atoms with Gasteiger partial charge in [0.25, 0.3) is 0 Å². The number of benzene rings is 1. The predicted molar refractivity (Wildman–Crippen MR) is 63.9 cm³/mol. The molecule has 20 heavy (non-hydrogen) atoms. The molecule has 1 aromatic carbocycles. The molecule has 0 aliphatic carbocycles. The van der Waals surface area contributed by atoms with Crippen molar-refractivity contribution in [3.63, 3.8) is 0 Å². The van der Waals surface area contributed by atoms with Crippen molar-refractivity contribution in [1.82, 2.24) is 9.97 Å². The van der Waals surface area contributed by atoms with E-state index in [1.54, 1.807) is 0 Å². The maximum Gasteiger partial charge on any atom is 0.461 e. The summed E-state index contributed by atoms with van der Waals surface area (Å²) in [5.74, 6) is -7.57. The monoisotopic (exact) mass is 331 g/mol. The third-order valence-corrected chi connectivity index (χ3v) is 2.89. The number of hydrogen-bond acceptors (Lipinski definition) is 3. The Morgan fingerprint density at radius 2 is 1.60 bits per heavy atom. The van der Waals surface area contributed by atoms with Crippen LogP contribution in [0.1, 0.15) is 5.82 Å². The van der Waals surface area contributed by atoms with Gasteiger partial charge < -0.3 is 5.73 Å². The molecule has 2 rings (SSSR count). The minimum absolute atomic E-state index is 0.00998. The van der Waals surface area contributed by atoms with Gasteiger partial charge in [0.05, 0.1) is 10.5 Å². The van der Waals surface area contributed by atoms with E-state index in [9.17, 15) is 22.0 Å². The van der Waals surface area contributed by atoms with E-state index in [0.717, 1.165) is 6.07 Å². The van der Waals surface area contributed by atoms with E-state index in [1.807, 2.05) is 0 Å². The molecular formula is C10H4Cl2F5N3. The molecule has 2 N–H and O–H groups in total. The maximum atomic E-state index is 13.2. The summed E-state index contributed by atoms with van der Waals surface area (Å²) in [6.45, 7) is 0. The number of halogens is 7. The van der Waals surface area contributed by atoms with Crippen LogP contribution in [0.2, 0.25) is 10.0 Å². The molecule has 0 aliphatic heterocycles. The van der Waals surface area contributed by atoms with Crippen LogP contribution in [0.25, 0.3) is 10.9 Å². The first-order valence-electron chi connectivity index (χ1n) is 4.91. The SMILES string of the molecule is Nc1nc(C(F)(F)C(F)(F)F)nc2c(Cl)cc(Cl)cc12. The van der Waals surface area contributed by atoms with Gasteiger partial charge in [-0.1, -0.05) is 23.2 Å². The van der Waals surface area contributed by atoms with Crippen LogP contribution in [0.3, 0.4) is 0 Å². The lowest BCUT2D eigenvalue weighted by atomic mass is 10.2. The van der Waals surface area contributed by atoms with Gasteiger partial charge in [-0.05, 0) is 12.1 Å². The average molecular weight is 332 g/mol. The molecule has 0 bridgehead atoms. The first-order valence-corrected chi connectivity index (χ1v) is 5.67. The fourth-order valence-electron chi connectivity index (χ4n) is 1.45. The van der Waals surface area contributed by atoms with Crippen molar-refractivity contribution in [2.24, 2.45) is 0 Å². The summed E-state index contributed by atoms with van der Waals surface area (Å²) in [5, 5.41) is -0.0989. The van der Waals surface area contributed by atoms with Crippen molar-refractivity contribution in [3.8, 4) is 0 Å². The Bertz CT molecular complexity index is 687. The van der Waals surface area contributed by atoms with Gasteiger partial charge in [0.15, 0.2) is 0 Å². The van der Waals surface area contributed by atoms with Crippen LogP contribution in [0.5, 0.6) is 0 Å². The first kappa shape index (κ1) is 15.0. The van der Waals surface area contributed by atoms with Crippen molar-refractivity contribution in [1.29, 1.82) is 0 Å². The number of anilines is 1. The molecule has 2 aromatic rings. The standard InChI is InChI=1S/C10H4Cl2F5N3/c11-3-1-4-6(5(12)2-3)19-8(20-7(4)18)9(13,14)10(15,16)17/h1-2H,(H2,18,19,20). The van der Waals surface area contributed by atoms with E-state index >= 15 is 0 Å². The summed E-state index contributed by atoms with van der Waals surface area (Å²) in [6.07, 6.45) is -5.84. The highest BCUT2D eigenvalue weighted by atomic mass is 35.5. The lowest BCUT2D eigenvalue weighted by Gasteiger charge is -2.18. The summed E-state index contributed by atoms with van der Waals surface area (Å²) in [6, 6.07) is 2.36. The first-order chi connectivity index (χ1) is 9.04. The van der Waals surface area contributed by atoms with Crippen LogP contribution < -0.4 is 5.73 Å². The lowest BCUT2D eigenvalue weighted by Crippen LogP contribution is -2.35. The van der Waals surface area contributed by atoms with Crippen LogP contribution in [0, 0.1) is 0 Å². The Balaban J connectivity index is 2.77. The highest BCUT2D eigenvalue weighted by Crippen LogP contribution is 2.43. The molecule has 108 valence electrons. The van der Waals surface area contributed by atoms with Crippen molar-refractivity contribution in [2.75, 3.05) is 5.73 Å². The number of hydrogen-bond donors (Lipinski definition) is 1. The molecule has 1 heterocycles. The van der Waals surface area contributed by atoms with Crippen LogP contribution in [-0.4, -0.2) is 16.1 Å². The van der Waals surface area contributed by atoms with Crippen molar-refractivity contribution in [2.45, 2.75) is 12.1 Å². The van der Waals surface area contributed by atoms with Gasteiger partial charge in [-0.25, -0.2) is 9.97 Å². The topological polar surface area (TPSA) is 51.8 Å². The second kappa shape index (κ2) is 4.56. The molecule has 0 spiro atoms. The molecule has 0 radical (unpaired) electrons. The maximum absolute atomic E-state index is 13.2. The molecule has 0 fully saturated rings. The Kier molecular flexibility index (Phi) is 3.42. The zero-order valence-electron chi connectivity index (χ0n) is 9.27. The Morgan fingerprint density at radius 3 is 2.15 bits per heavy atom. The van der Waals surface area contributed by atoms with Gasteiger partial charge in [-0.15, -0.1) is 0 Å². The van der Waals surface area contributed by atoms with E-state index < -0.39 is 23.7 Å². The highest BCUT2D eigenvalue weighted by molar-refractivity contribution is 6.38. The quantitative estimate of drug-likeness (QED) is 0.798. The predicted octanol–water partition coefficient (Wildman–Crippen LogP) is 4.17. The molecule has 3 nitrogen and oxygen atoms in total. The number of nitrogens with two attached hydrogens (primary N) is 1. The van der Waals surface area contributed by atoms with Crippen LogP contribution in [0.4, 0.5) is 27.8 Å². The van der Waals surface area contributed by atoms with Gasteiger partial charge in [0.2, 0.25) is 5.82 Å². The molecule has 1 aromatic heterocycles. The minimum Gasteiger partial charge on any atom is -0.383 e. The van der Waals surface area contributed by atoms with E-state index in [-0.39, 0.29) is 20.9 Å². The van der Waals surface area contributed by atoms with Crippen LogP contribution in [-0.2, 0) is 5.92 Å². The van der Waals surface area contributed by atoms with Gasteiger partial charge in [0, 0.05) is 10.4 Å². The van der Waals surface area contributed by atoms with E-state index in [1.165, 1.54) is 6.07 Å². The lowest BCUT2D eigenvalue weighted by molar-refractivity contribution is -0.292. The van der Waals surface area contributed by atoms with Crippen molar-refractivity contribution in [3.05, 3.63) is 28.0 Å². The largest absolute Gasteiger partial charge is 0.461 e. The zero-order chi connectivity index (χ0) is 15.3. The number of fused-ring (bicyclic) bond motifs is 1. The van der Waals surface area contributed by atoms with Gasteiger partial charge >= 0.3 is 12.1 Å². The van der Waals surface area contributed by atoms with Crippen LogP contribution in [0.15, 0.2) is 12.1 Å². The van der Waals surface area contributed by atoms with Gasteiger partial charge in [-0.3, -0.25) is 0 Å². The third-order valence-electron chi connectivity index (χ3n) is 2.39. The number of rotatable bonds is 1. The molecular weight excluding hydrogens is 328 g/mol. The fourth-order valence-corrected chi connectivity index (χ4v) is 1.98. The Hall–Kier alpha value is -1.41. The van der Waals surface area contributed by atoms with E-state index in [4.69, 9.17) is 28.9 Å². The second-order valence-electron chi connectivity index (χ2n) is 3.79. The van der Waals surface area contributed by atoms with Gasteiger partial charge in [-0.2, -0.15) is 22.0 Å². The zero-order valence-corrected chi connectivity index (χ0v) is 10.8. The molecule has 0 amide bonds. The number of alkyl halides is 5. The van der Waals surface area contributed by atoms with E-state index in [2.05, 4.69) is 9.97 Å². The highest BCUT2D eigenvalue weighted by Gasteiger charge is 2.61. The minimum atomic E-state index is -5.84. The molecule has 0 unspecified atom stereocenters. The summed E-state index contributed by atoms with van der Waals surface area (Å²) in [7, 11) is 0. The Morgan fingerprint density at radius 1 is 1.00 bits per heavy atom. The van der Waals surface area contributed by atoms with Crippen molar-refractivity contribution < 1.29 is 22.0 Å². The molecule has 0 saturated carbocycles. The molecule has 0 atom stereocenters. The van der Waals surface area contributed by atoms with Crippen molar-refractivity contribution >= 4 is 39.9 Å². The van der Waals surface area contributed by atoms with E-state index in [0.29, 0.717) is 0 Å². The summed E-state index contributed by atoms with van der Waals surface area (Å²) in [5.41, 5.74) is 5.03. The average Bonchev–Trinajstić information content (AvgIpc) is 2.28. The summed E-state index contributed by atoms with van der Waals surface area (Å²) < 4.78 is 63.3. The second-order valence-corrected chi connectivity index (χ2v) is 4.63. The third kappa shape index (κ3) is 2.33. The Labute approximate surface area is 118 Å². The number of nitrogen functional groups attached to an aromatic ring is 1. The van der Waals surface area contributed by atoms with Gasteiger partial charge in [0.1, 0.15) is 5.82 Å². The smallest absolute Gasteiger partial charge is 0.383 e. The fraction of sp³-hybridized carbons (Fsp3) is 0.200. The van der Waals surface area contributed by atoms with Crippen LogP contribution >= 0.6 is 23.2 Å². The molecule has 0 saturated heterocycles. The molecule has 0 aliphatic rings. The summed E-state index contributed by atoms with van der Waals surface area (Å²) in [4.78, 5) is 6.16. The normalized spacial score (nSPS) is 12.9.